The minimum absolute atomic E-state index is 0.0315. The van der Waals surface area contributed by atoms with E-state index in [4.69, 9.17) is 36.2 Å². The van der Waals surface area contributed by atoms with E-state index in [1.165, 1.54) is 23.8 Å². The molecule has 0 saturated carbocycles. The molecule has 3 N–H and O–H groups in total. The van der Waals surface area contributed by atoms with E-state index in [1.54, 1.807) is 38.1 Å². The minimum atomic E-state index is -2.39. The zero-order chi connectivity index (χ0) is 25.3. The third kappa shape index (κ3) is 8.19. The Morgan fingerprint density at radius 3 is 2.53 bits per heavy atom. The third-order valence-electron chi connectivity index (χ3n) is 4.60. The quantitative estimate of drug-likeness (QED) is 0.231. The number of esters is 1. The normalized spacial score (nSPS) is 14.9. The van der Waals surface area contributed by atoms with E-state index >= 15 is 0 Å². The maximum atomic E-state index is 12.3. The first-order chi connectivity index (χ1) is 16.2. The molecule has 2 rings (SSSR count). The molecule has 0 aliphatic heterocycles. The summed E-state index contributed by atoms with van der Waals surface area (Å²) in [5, 5.41) is 0.507. The van der Waals surface area contributed by atoms with Crippen LogP contribution in [0.5, 0.6) is 5.75 Å². The van der Waals surface area contributed by atoms with E-state index in [0.717, 1.165) is 4.83 Å². The van der Waals surface area contributed by atoms with Crippen LogP contribution >= 0.6 is 20.1 Å². The molecular formula is C21H30ClN4O7P. The van der Waals surface area contributed by atoms with Crippen LogP contribution in [0.1, 0.15) is 40.3 Å². The number of carbonyl (C=O) groups is 1. The van der Waals surface area contributed by atoms with Gasteiger partial charge in [0.1, 0.15) is 23.8 Å². The van der Waals surface area contributed by atoms with Crippen molar-refractivity contribution < 1.29 is 28.5 Å². The van der Waals surface area contributed by atoms with Crippen molar-refractivity contribution in [2.24, 2.45) is 0 Å². The molecule has 1 heterocycles. The summed E-state index contributed by atoms with van der Waals surface area (Å²) in [6.45, 7) is 6.90. The predicted molar refractivity (Wildman–Crippen MR) is 128 cm³/mol. The average molecular weight is 517 g/mol. The second-order valence-corrected chi connectivity index (χ2v) is 8.73. The van der Waals surface area contributed by atoms with Crippen LogP contribution in [0.3, 0.4) is 0 Å². The number of halogens is 1. The van der Waals surface area contributed by atoms with E-state index in [-0.39, 0.29) is 19.0 Å². The Labute approximate surface area is 204 Å². The topological polar surface area (TPSA) is 138 Å². The van der Waals surface area contributed by atoms with Crippen molar-refractivity contribution in [2.75, 3.05) is 18.9 Å². The van der Waals surface area contributed by atoms with Crippen LogP contribution in [0.4, 0.5) is 5.82 Å². The third-order valence-corrected chi connectivity index (χ3v) is 6.00. The van der Waals surface area contributed by atoms with Crippen LogP contribution in [-0.4, -0.2) is 50.6 Å². The van der Waals surface area contributed by atoms with Crippen molar-refractivity contribution in [3.05, 3.63) is 52.0 Å². The number of anilines is 1. The summed E-state index contributed by atoms with van der Waals surface area (Å²) < 4.78 is 17.9. The molecule has 4 atom stereocenters. The van der Waals surface area contributed by atoms with Gasteiger partial charge in [-0.1, -0.05) is 23.4 Å². The van der Waals surface area contributed by atoms with Crippen molar-refractivity contribution >= 4 is 31.9 Å². The molecule has 0 bridgehead atoms. The monoisotopic (exact) mass is 516 g/mol. The minimum Gasteiger partial charge on any atom is -0.465 e. The van der Waals surface area contributed by atoms with Gasteiger partial charge >= 0.3 is 11.7 Å². The fourth-order valence-corrected chi connectivity index (χ4v) is 3.82. The Morgan fingerprint density at radius 1 is 1.26 bits per heavy atom. The molecule has 2 aromatic rings. The lowest BCUT2D eigenvalue weighted by Crippen LogP contribution is -2.39. The van der Waals surface area contributed by atoms with E-state index < -0.39 is 38.6 Å². The van der Waals surface area contributed by atoms with Gasteiger partial charge in [-0.15, -0.1) is 0 Å². The zero-order valence-electron chi connectivity index (χ0n) is 19.5. The lowest BCUT2D eigenvalue weighted by Gasteiger charge is -2.30. The van der Waals surface area contributed by atoms with E-state index in [9.17, 15) is 14.5 Å². The summed E-state index contributed by atoms with van der Waals surface area (Å²) in [7, 11) is -2.39. The molecule has 0 aliphatic carbocycles. The molecule has 0 radical (unpaired) electrons. The van der Waals surface area contributed by atoms with Gasteiger partial charge in [0.25, 0.3) is 8.53 Å². The number of ether oxygens (including phenoxy) is 2. The van der Waals surface area contributed by atoms with Gasteiger partial charge in [0, 0.05) is 11.2 Å². The van der Waals surface area contributed by atoms with Crippen molar-refractivity contribution in [1.29, 1.82) is 0 Å². The van der Waals surface area contributed by atoms with Crippen molar-refractivity contribution in [1.82, 2.24) is 14.4 Å². The Morgan fingerprint density at radius 2 is 1.94 bits per heavy atom. The smallest absolute Gasteiger partial charge is 0.351 e. The SMILES string of the molecule is CCOC(=O)[C@H](C)N(Oc1ccc(Cl)cc1)P(O)OC[C@H](CC)O[C@H](C)n1ccc(N)nc1=O. The van der Waals surface area contributed by atoms with Gasteiger partial charge in [-0.25, -0.2) is 4.79 Å². The van der Waals surface area contributed by atoms with Crippen LogP contribution in [0.15, 0.2) is 41.3 Å². The largest absolute Gasteiger partial charge is 0.465 e. The van der Waals surface area contributed by atoms with Crippen molar-refractivity contribution in [3.8, 4) is 5.75 Å². The fraction of sp³-hybridized carbons (Fsp3) is 0.476. The summed E-state index contributed by atoms with van der Waals surface area (Å²) in [6, 6.07) is 6.94. The maximum absolute atomic E-state index is 12.3. The number of benzene rings is 1. The number of rotatable bonds is 13. The molecule has 11 nitrogen and oxygen atoms in total. The summed E-state index contributed by atoms with van der Waals surface area (Å²) in [5.41, 5.74) is 4.98. The average Bonchev–Trinajstić information content (AvgIpc) is 2.80. The molecule has 1 unspecified atom stereocenters. The number of hydrogen-bond donors (Lipinski definition) is 2. The van der Waals surface area contributed by atoms with E-state index in [2.05, 4.69) is 4.98 Å². The van der Waals surface area contributed by atoms with E-state index in [1.807, 2.05) is 6.92 Å². The molecule has 0 saturated heterocycles. The second kappa shape index (κ2) is 13.6. The van der Waals surface area contributed by atoms with Crippen LogP contribution < -0.4 is 16.3 Å². The van der Waals surface area contributed by atoms with E-state index in [0.29, 0.717) is 17.2 Å². The van der Waals surface area contributed by atoms with Crippen LogP contribution in [0, 0.1) is 0 Å². The number of nitrogens with two attached hydrogens (primary N) is 1. The molecule has 1 aromatic carbocycles. The summed E-state index contributed by atoms with van der Waals surface area (Å²) in [6.07, 6.45) is 0.881. The number of carbonyl (C=O) groups excluding carboxylic acids is 1. The highest BCUT2D eigenvalue weighted by molar-refractivity contribution is 7.43. The number of nitrogen functional groups attached to an aromatic ring is 1. The van der Waals surface area contributed by atoms with Crippen LogP contribution in [0.2, 0.25) is 5.02 Å². The molecule has 0 aliphatic rings. The molecule has 0 fully saturated rings. The number of aromatic nitrogens is 2. The number of hydrogen-bond acceptors (Lipinski definition) is 10. The standard InChI is InChI=1S/C21H30ClN4O7P/c1-5-17(32-15(4)25-12-11-19(23)24-21(25)28)13-31-34(29)26(14(3)20(27)30-6-2)33-18-9-7-16(22)8-10-18/h7-12,14-15,17,29H,5-6,13H2,1-4H3,(H2,23,24,28)/t14-,15+,17-,34?/m0/s1. The highest BCUT2D eigenvalue weighted by Crippen LogP contribution is 2.40. The molecular weight excluding hydrogens is 487 g/mol. The Bertz CT molecular complexity index is 978. The van der Waals surface area contributed by atoms with Gasteiger partial charge in [0.2, 0.25) is 0 Å². The molecule has 1 aromatic heterocycles. The predicted octanol–water partition coefficient (Wildman–Crippen LogP) is 3.28. The first kappa shape index (κ1) is 28.0. The molecule has 188 valence electrons. The lowest BCUT2D eigenvalue weighted by atomic mass is 10.3. The Balaban J connectivity index is 2.07. The summed E-state index contributed by atoms with van der Waals surface area (Å²) in [5.74, 6) is -0.127. The number of nitrogens with zero attached hydrogens (tertiary/aromatic N) is 3. The Hall–Kier alpha value is -2.27. The van der Waals surface area contributed by atoms with Crippen molar-refractivity contribution in [2.45, 2.75) is 52.5 Å². The van der Waals surface area contributed by atoms with Crippen LogP contribution in [0.25, 0.3) is 0 Å². The van der Waals surface area contributed by atoms with Gasteiger partial charge < -0.3 is 29.5 Å². The Kier molecular flexibility index (Phi) is 11.2. The molecule has 34 heavy (non-hydrogen) atoms. The highest BCUT2D eigenvalue weighted by atomic mass is 35.5. The van der Waals surface area contributed by atoms with Gasteiger partial charge in [-0.05, 0) is 57.5 Å². The van der Waals surface area contributed by atoms with Gasteiger partial charge in [0.05, 0.1) is 19.3 Å². The highest BCUT2D eigenvalue weighted by Gasteiger charge is 2.33. The summed E-state index contributed by atoms with van der Waals surface area (Å²) in [4.78, 5) is 45.5. The number of hydroxylamine groups is 1. The zero-order valence-corrected chi connectivity index (χ0v) is 21.1. The van der Waals surface area contributed by atoms with Crippen molar-refractivity contribution in [3.63, 3.8) is 0 Å². The molecule has 0 spiro atoms. The molecule has 0 amide bonds. The van der Waals surface area contributed by atoms with Gasteiger partial charge in [-0.2, -0.15) is 4.98 Å². The molecule has 13 heteroatoms. The van der Waals surface area contributed by atoms with Gasteiger partial charge in [0.15, 0.2) is 0 Å². The van der Waals surface area contributed by atoms with Gasteiger partial charge in [-0.3, -0.25) is 9.36 Å². The second-order valence-electron chi connectivity index (χ2n) is 7.13. The first-order valence-corrected chi connectivity index (χ1v) is 12.2. The lowest BCUT2D eigenvalue weighted by molar-refractivity contribution is -0.155. The first-order valence-electron chi connectivity index (χ1n) is 10.7. The maximum Gasteiger partial charge on any atom is 0.351 e. The fourth-order valence-electron chi connectivity index (χ4n) is 2.73. The summed E-state index contributed by atoms with van der Waals surface area (Å²) >= 11 is 5.91. The van der Waals surface area contributed by atoms with Crippen LogP contribution in [-0.2, 0) is 18.8 Å².